The molecule has 3 rings (SSSR count). The lowest BCUT2D eigenvalue weighted by Crippen LogP contribution is -2.31. The zero-order valence-electron chi connectivity index (χ0n) is 8.66. The van der Waals surface area contributed by atoms with Gasteiger partial charge in [-0.15, -0.1) is 0 Å². The Balaban J connectivity index is 1.85. The van der Waals surface area contributed by atoms with E-state index in [1.54, 1.807) is 0 Å². The number of anilines is 1. The van der Waals surface area contributed by atoms with Crippen LogP contribution < -0.4 is 10.1 Å². The van der Waals surface area contributed by atoms with Crippen LogP contribution in [-0.2, 0) is 6.42 Å². The number of fused-ring (bicyclic) bond motifs is 1. The number of benzene rings is 1. The summed E-state index contributed by atoms with van der Waals surface area (Å²) in [5.74, 6) is 3.40. The summed E-state index contributed by atoms with van der Waals surface area (Å²) in [6.45, 7) is 1.09. The molecule has 1 aromatic carbocycles. The smallest absolute Gasteiger partial charge is 0.125 e. The molecule has 0 amide bonds. The van der Waals surface area contributed by atoms with Gasteiger partial charge in [0.1, 0.15) is 11.9 Å². The van der Waals surface area contributed by atoms with Crippen molar-refractivity contribution in [3.05, 3.63) is 23.8 Å². The zero-order valence-corrected chi connectivity index (χ0v) is 9.48. The van der Waals surface area contributed by atoms with Crippen molar-refractivity contribution in [1.29, 1.82) is 0 Å². The summed E-state index contributed by atoms with van der Waals surface area (Å²) in [6.07, 6.45) is 2.81. The van der Waals surface area contributed by atoms with Gasteiger partial charge < -0.3 is 10.1 Å². The van der Waals surface area contributed by atoms with Crippen LogP contribution in [0.5, 0.6) is 5.75 Å². The molecule has 0 aliphatic carbocycles. The SMILES string of the molecule is c1cc2c(c(OC3CSC3)c1)CCCN2. The molecule has 1 N–H and O–H groups in total. The van der Waals surface area contributed by atoms with Crippen LogP contribution in [0, 0.1) is 0 Å². The molecule has 3 heteroatoms. The second-order valence-electron chi connectivity index (χ2n) is 4.09. The van der Waals surface area contributed by atoms with E-state index in [0.717, 1.165) is 30.2 Å². The van der Waals surface area contributed by atoms with Crippen LogP contribution in [0.25, 0.3) is 0 Å². The molecule has 0 aromatic heterocycles. The maximum atomic E-state index is 5.99. The predicted molar refractivity (Wildman–Crippen MR) is 65.0 cm³/mol. The van der Waals surface area contributed by atoms with Gasteiger partial charge in [0.15, 0.2) is 0 Å². The standard InChI is InChI=1S/C12H15NOS/c1-4-11-10(3-2-6-13-11)12(5-1)14-9-7-15-8-9/h1,4-5,9,13H,2-3,6-8H2. The van der Waals surface area contributed by atoms with Gasteiger partial charge >= 0.3 is 0 Å². The van der Waals surface area contributed by atoms with Crippen molar-refractivity contribution >= 4 is 17.4 Å². The van der Waals surface area contributed by atoms with E-state index >= 15 is 0 Å². The van der Waals surface area contributed by atoms with Crippen molar-refractivity contribution in [1.82, 2.24) is 0 Å². The summed E-state index contributed by atoms with van der Waals surface area (Å²) in [5, 5.41) is 3.43. The summed E-state index contributed by atoms with van der Waals surface area (Å²) in [6, 6.07) is 6.34. The molecule has 15 heavy (non-hydrogen) atoms. The molecule has 2 nitrogen and oxygen atoms in total. The number of hydrogen-bond acceptors (Lipinski definition) is 3. The highest BCUT2D eigenvalue weighted by molar-refractivity contribution is 8.00. The van der Waals surface area contributed by atoms with Crippen LogP contribution in [0.15, 0.2) is 18.2 Å². The normalized spacial score (nSPS) is 20.0. The molecule has 0 spiro atoms. The average Bonchev–Trinajstić information content (AvgIpc) is 2.23. The molecule has 1 fully saturated rings. The zero-order chi connectivity index (χ0) is 10.1. The molecule has 2 aliphatic rings. The van der Waals surface area contributed by atoms with Gasteiger partial charge in [-0.25, -0.2) is 0 Å². The third-order valence-corrected chi connectivity index (χ3v) is 4.17. The minimum atomic E-state index is 0.448. The van der Waals surface area contributed by atoms with Gasteiger partial charge in [0.2, 0.25) is 0 Å². The molecule has 0 bridgehead atoms. The van der Waals surface area contributed by atoms with E-state index in [1.807, 2.05) is 11.8 Å². The third-order valence-electron chi connectivity index (χ3n) is 2.95. The molecule has 1 saturated heterocycles. The largest absolute Gasteiger partial charge is 0.488 e. The molecule has 0 radical (unpaired) electrons. The van der Waals surface area contributed by atoms with Gasteiger partial charge in [-0.3, -0.25) is 0 Å². The second kappa shape index (κ2) is 3.97. The fraction of sp³-hybridized carbons (Fsp3) is 0.500. The van der Waals surface area contributed by atoms with Crippen molar-refractivity contribution in [2.24, 2.45) is 0 Å². The summed E-state index contributed by atoms with van der Waals surface area (Å²) in [4.78, 5) is 0. The summed E-state index contributed by atoms with van der Waals surface area (Å²) >= 11 is 1.96. The quantitative estimate of drug-likeness (QED) is 0.829. The Morgan fingerprint density at radius 1 is 1.33 bits per heavy atom. The Bertz CT molecular complexity index is 363. The molecule has 80 valence electrons. The molecule has 2 aliphatic heterocycles. The number of ether oxygens (including phenoxy) is 1. The predicted octanol–water partition coefficient (Wildman–Crippen LogP) is 2.54. The van der Waals surface area contributed by atoms with Gasteiger partial charge in [-0.05, 0) is 25.0 Å². The van der Waals surface area contributed by atoms with Crippen LogP contribution >= 0.6 is 11.8 Å². The number of thioether (sulfide) groups is 1. The Kier molecular flexibility index (Phi) is 2.49. The van der Waals surface area contributed by atoms with Gasteiger partial charge in [0.25, 0.3) is 0 Å². The lowest BCUT2D eigenvalue weighted by atomic mass is 10.0. The lowest BCUT2D eigenvalue weighted by molar-refractivity contribution is 0.238. The molecule has 0 saturated carbocycles. The molecule has 0 unspecified atom stereocenters. The van der Waals surface area contributed by atoms with Crippen molar-refractivity contribution < 1.29 is 4.74 Å². The Labute approximate surface area is 94.4 Å². The first-order valence-electron chi connectivity index (χ1n) is 5.53. The maximum Gasteiger partial charge on any atom is 0.125 e. The van der Waals surface area contributed by atoms with E-state index in [0.29, 0.717) is 6.10 Å². The van der Waals surface area contributed by atoms with Crippen LogP contribution in [0.1, 0.15) is 12.0 Å². The first-order valence-corrected chi connectivity index (χ1v) is 6.69. The first-order chi connectivity index (χ1) is 7.43. The van der Waals surface area contributed by atoms with Crippen LogP contribution in [0.3, 0.4) is 0 Å². The number of rotatable bonds is 2. The highest BCUT2D eigenvalue weighted by Crippen LogP contribution is 2.33. The van der Waals surface area contributed by atoms with Crippen molar-refractivity contribution in [2.75, 3.05) is 23.4 Å². The van der Waals surface area contributed by atoms with Crippen LogP contribution in [0.2, 0.25) is 0 Å². The topological polar surface area (TPSA) is 21.3 Å². The molecular weight excluding hydrogens is 206 g/mol. The molecule has 0 atom stereocenters. The monoisotopic (exact) mass is 221 g/mol. The number of hydrogen-bond donors (Lipinski definition) is 1. The lowest BCUT2D eigenvalue weighted by Gasteiger charge is -2.28. The average molecular weight is 221 g/mol. The van der Waals surface area contributed by atoms with E-state index in [1.165, 1.54) is 17.7 Å². The first kappa shape index (κ1) is 9.40. The Hall–Kier alpha value is -0.830. The van der Waals surface area contributed by atoms with Gasteiger partial charge in [-0.1, -0.05) is 6.07 Å². The molecular formula is C12H15NOS. The van der Waals surface area contributed by atoms with E-state index in [2.05, 4.69) is 23.5 Å². The second-order valence-corrected chi connectivity index (χ2v) is 5.16. The van der Waals surface area contributed by atoms with E-state index < -0.39 is 0 Å². The fourth-order valence-corrected chi connectivity index (χ4v) is 2.61. The maximum absolute atomic E-state index is 5.99. The Morgan fingerprint density at radius 2 is 2.27 bits per heavy atom. The number of nitrogens with one attached hydrogen (secondary N) is 1. The van der Waals surface area contributed by atoms with E-state index in [9.17, 15) is 0 Å². The van der Waals surface area contributed by atoms with Gasteiger partial charge in [-0.2, -0.15) is 11.8 Å². The van der Waals surface area contributed by atoms with Crippen molar-refractivity contribution in [2.45, 2.75) is 18.9 Å². The van der Waals surface area contributed by atoms with Gasteiger partial charge in [0, 0.05) is 29.3 Å². The highest BCUT2D eigenvalue weighted by atomic mass is 32.2. The summed E-state index contributed by atoms with van der Waals surface area (Å²) in [7, 11) is 0. The summed E-state index contributed by atoms with van der Waals surface area (Å²) < 4.78 is 5.99. The van der Waals surface area contributed by atoms with Crippen LogP contribution in [-0.4, -0.2) is 24.2 Å². The van der Waals surface area contributed by atoms with Gasteiger partial charge in [0.05, 0.1) is 0 Å². The third kappa shape index (κ3) is 1.81. The minimum absolute atomic E-state index is 0.448. The van der Waals surface area contributed by atoms with Crippen molar-refractivity contribution in [3.63, 3.8) is 0 Å². The van der Waals surface area contributed by atoms with E-state index in [4.69, 9.17) is 4.74 Å². The molecule has 2 heterocycles. The fourth-order valence-electron chi connectivity index (χ4n) is 2.05. The summed E-state index contributed by atoms with van der Waals surface area (Å²) in [5.41, 5.74) is 2.64. The molecule has 1 aromatic rings. The highest BCUT2D eigenvalue weighted by Gasteiger charge is 2.22. The minimum Gasteiger partial charge on any atom is -0.488 e. The van der Waals surface area contributed by atoms with Crippen molar-refractivity contribution in [3.8, 4) is 5.75 Å². The van der Waals surface area contributed by atoms with E-state index in [-0.39, 0.29) is 0 Å². The van der Waals surface area contributed by atoms with Crippen LogP contribution in [0.4, 0.5) is 5.69 Å². The Morgan fingerprint density at radius 3 is 3.07 bits per heavy atom.